The van der Waals surface area contributed by atoms with Gasteiger partial charge in [-0.15, -0.1) is 0 Å². The van der Waals surface area contributed by atoms with Crippen molar-refractivity contribution in [3.05, 3.63) is 70.8 Å². The SMILES string of the molecule is NC(=O)c1cccc(C(=O)NC2CC2c2ccccc2C(F)(F)F)c1. The maximum atomic E-state index is 13.1. The summed E-state index contributed by atoms with van der Waals surface area (Å²) < 4.78 is 39.2. The van der Waals surface area contributed by atoms with Gasteiger partial charge in [0, 0.05) is 23.1 Å². The molecule has 3 N–H and O–H groups in total. The Morgan fingerprint density at radius 2 is 1.72 bits per heavy atom. The van der Waals surface area contributed by atoms with Crippen LogP contribution in [-0.4, -0.2) is 17.9 Å². The van der Waals surface area contributed by atoms with E-state index in [1.54, 1.807) is 6.07 Å². The quantitative estimate of drug-likeness (QED) is 0.891. The van der Waals surface area contributed by atoms with Crippen molar-refractivity contribution in [1.29, 1.82) is 0 Å². The number of hydrogen-bond donors (Lipinski definition) is 2. The van der Waals surface area contributed by atoms with E-state index in [1.165, 1.54) is 36.4 Å². The van der Waals surface area contributed by atoms with Gasteiger partial charge in [0.2, 0.25) is 5.91 Å². The van der Waals surface area contributed by atoms with Crippen LogP contribution in [0.5, 0.6) is 0 Å². The Morgan fingerprint density at radius 3 is 2.40 bits per heavy atom. The van der Waals surface area contributed by atoms with Gasteiger partial charge in [0.05, 0.1) is 5.56 Å². The second-order valence-electron chi connectivity index (χ2n) is 5.95. The van der Waals surface area contributed by atoms with Gasteiger partial charge in [-0.05, 0) is 36.2 Å². The predicted octanol–water partition coefficient (Wildman–Crippen LogP) is 3.09. The lowest BCUT2D eigenvalue weighted by molar-refractivity contribution is -0.138. The molecule has 3 rings (SSSR count). The van der Waals surface area contributed by atoms with Crippen molar-refractivity contribution >= 4 is 11.8 Å². The standard InChI is InChI=1S/C18H15F3N2O2/c19-18(20,21)14-7-2-1-6-12(14)13-9-15(13)23-17(25)11-5-3-4-10(8-11)16(22)24/h1-8,13,15H,9H2,(H2,22,24)(H,23,25). The van der Waals surface area contributed by atoms with Crippen molar-refractivity contribution in [3.63, 3.8) is 0 Å². The smallest absolute Gasteiger partial charge is 0.366 e. The average Bonchev–Trinajstić information content (AvgIpc) is 3.33. The third kappa shape index (κ3) is 3.65. The van der Waals surface area contributed by atoms with Crippen molar-refractivity contribution in [1.82, 2.24) is 5.32 Å². The molecule has 2 unspecified atom stereocenters. The Bertz CT molecular complexity index is 833. The van der Waals surface area contributed by atoms with Crippen LogP contribution in [0.15, 0.2) is 48.5 Å². The van der Waals surface area contributed by atoms with Crippen molar-refractivity contribution in [2.45, 2.75) is 24.6 Å². The van der Waals surface area contributed by atoms with Crippen LogP contribution in [0.25, 0.3) is 0 Å². The third-order valence-corrected chi connectivity index (χ3v) is 4.18. The Labute approximate surface area is 141 Å². The Balaban J connectivity index is 1.73. The maximum Gasteiger partial charge on any atom is 0.416 e. The molecule has 0 aliphatic heterocycles. The van der Waals surface area contributed by atoms with Gasteiger partial charge >= 0.3 is 6.18 Å². The zero-order chi connectivity index (χ0) is 18.2. The Kier molecular flexibility index (Phi) is 4.24. The molecule has 0 aromatic heterocycles. The first-order chi connectivity index (χ1) is 11.8. The van der Waals surface area contributed by atoms with E-state index in [0.717, 1.165) is 6.07 Å². The van der Waals surface area contributed by atoms with Crippen LogP contribution < -0.4 is 11.1 Å². The average molecular weight is 348 g/mol. The summed E-state index contributed by atoms with van der Waals surface area (Å²) in [5.41, 5.74) is 5.13. The number of carbonyl (C=O) groups excluding carboxylic acids is 2. The number of carbonyl (C=O) groups is 2. The van der Waals surface area contributed by atoms with E-state index in [0.29, 0.717) is 6.42 Å². The van der Waals surface area contributed by atoms with Gasteiger partial charge in [-0.2, -0.15) is 13.2 Å². The van der Waals surface area contributed by atoms with E-state index in [9.17, 15) is 22.8 Å². The van der Waals surface area contributed by atoms with Crippen LogP contribution in [0.4, 0.5) is 13.2 Å². The summed E-state index contributed by atoms with van der Waals surface area (Å²) in [7, 11) is 0. The molecule has 0 radical (unpaired) electrons. The van der Waals surface area contributed by atoms with Gasteiger partial charge in [-0.1, -0.05) is 24.3 Å². The minimum atomic E-state index is -4.43. The third-order valence-electron chi connectivity index (χ3n) is 4.18. The lowest BCUT2D eigenvalue weighted by atomic mass is 10.0. The Morgan fingerprint density at radius 1 is 1.04 bits per heavy atom. The monoisotopic (exact) mass is 348 g/mol. The highest BCUT2D eigenvalue weighted by Gasteiger charge is 2.44. The summed E-state index contributed by atoms with van der Waals surface area (Å²) in [6, 6.07) is 10.9. The number of primary amides is 1. The largest absolute Gasteiger partial charge is 0.416 e. The molecule has 0 heterocycles. The minimum absolute atomic E-state index is 0.186. The summed E-state index contributed by atoms with van der Waals surface area (Å²) in [6.45, 7) is 0. The fourth-order valence-electron chi connectivity index (χ4n) is 2.84. The number of amides is 2. The first-order valence-corrected chi connectivity index (χ1v) is 7.64. The molecule has 7 heteroatoms. The molecule has 1 aliphatic carbocycles. The molecule has 0 bridgehead atoms. The zero-order valence-electron chi connectivity index (χ0n) is 13.0. The van der Waals surface area contributed by atoms with Crippen LogP contribution in [0, 0.1) is 0 Å². The minimum Gasteiger partial charge on any atom is -0.366 e. The number of hydrogen-bond acceptors (Lipinski definition) is 2. The molecular formula is C18H15F3N2O2. The number of alkyl halides is 3. The topological polar surface area (TPSA) is 72.2 Å². The first kappa shape index (κ1) is 17.0. The van der Waals surface area contributed by atoms with Gasteiger partial charge < -0.3 is 11.1 Å². The van der Waals surface area contributed by atoms with Crippen LogP contribution in [-0.2, 0) is 6.18 Å². The highest BCUT2D eigenvalue weighted by molar-refractivity contribution is 5.99. The highest BCUT2D eigenvalue weighted by atomic mass is 19.4. The molecule has 1 fully saturated rings. The van der Waals surface area contributed by atoms with Gasteiger partial charge in [-0.25, -0.2) is 0 Å². The molecule has 0 spiro atoms. The fraction of sp³-hybridized carbons (Fsp3) is 0.222. The van der Waals surface area contributed by atoms with E-state index in [4.69, 9.17) is 5.73 Å². The number of nitrogens with two attached hydrogens (primary N) is 1. The summed E-state index contributed by atoms with van der Waals surface area (Å²) in [5.74, 6) is -1.47. The summed E-state index contributed by atoms with van der Waals surface area (Å²) in [4.78, 5) is 23.4. The number of nitrogens with one attached hydrogen (secondary N) is 1. The molecule has 25 heavy (non-hydrogen) atoms. The molecule has 130 valence electrons. The van der Waals surface area contributed by atoms with Gasteiger partial charge in [0.25, 0.3) is 5.91 Å². The number of benzene rings is 2. The van der Waals surface area contributed by atoms with Crippen molar-refractivity contribution < 1.29 is 22.8 Å². The van der Waals surface area contributed by atoms with E-state index < -0.39 is 23.6 Å². The van der Waals surface area contributed by atoms with E-state index in [-0.39, 0.29) is 28.7 Å². The van der Waals surface area contributed by atoms with Crippen LogP contribution in [0.2, 0.25) is 0 Å². The van der Waals surface area contributed by atoms with Crippen LogP contribution in [0.3, 0.4) is 0 Å². The van der Waals surface area contributed by atoms with Gasteiger partial charge in [0.1, 0.15) is 0 Å². The molecule has 1 aliphatic rings. The molecule has 4 nitrogen and oxygen atoms in total. The van der Waals surface area contributed by atoms with Crippen molar-refractivity contribution in [2.24, 2.45) is 5.73 Å². The maximum absolute atomic E-state index is 13.1. The lowest BCUT2D eigenvalue weighted by Gasteiger charge is -2.12. The van der Waals surface area contributed by atoms with Gasteiger partial charge in [0.15, 0.2) is 0 Å². The highest BCUT2D eigenvalue weighted by Crippen LogP contribution is 2.46. The second kappa shape index (κ2) is 6.23. The van der Waals surface area contributed by atoms with E-state index >= 15 is 0 Å². The molecule has 0 saturated heterocycles. The van der Waals surface area contributed by atoms with Crippen molar-refractivity contribution in [2.75, 3.05) is 0 Å². The summed E-state index contributed by atoms with van der Waals surface area (Å²) >= 11 is 0. The van der Waals surface area contributed by atoms with Gasteiger partial charge in [-0.3, -0.25) is 9.59 Å². The predicted molar refractivity (Wildman–Crippen MR) is 85.0 cm³/mol. The zero-order valence-corrected chi connectivity index (χ0v) is 13.0. The number of halogens is 3. The Hall–Kier alpha value is -2.83. The molecule has 2 aromatic carbocycles. The second-order valence-corrected chi connectivity index (χ2v) is 5.95. The molecular weight excluding hydrogens is 333 g/mol. The lowest BCUT2D eigenvalue weighted by Crippen LogP contribution is -2.27. The molecule has 2 aromatic rings. The van der Waals surface area contributed by atoms with E-state index in [1.807, 2.05) is 0 Å². The molecule has 2 amide bonds. The van der Waals surface area contributed by atoms with Crippen LogP contribution in [0.1, 0.15) is 44.2 Å². The normalized spacial score (nSPS) is 19.3. The summed E-state index contributed by atoms with van der Waals surface area (Å²) in [5, 5.41) is 2.71. The van der Waals surface area contributed by atoms with Crippen molar-refractivity contribution in [3.8, 4) is 0 Å². The first-order valence-electron chi connectivity index (χ1n) is 7.64. The van der Waals surface area contributed by atoms with Crippen LogP contribution >= 0.6 is 0 Å². The summed E-state index contributed by atoms with van der Waals surface area (Å²) in [6.07, 6.45) is -3.99. The fourth-order valence-corrected chi connectivity index (χ4v) is 2.84. The number of rotatable bonds is 4. The van der Waals surface area contributed by atoms with E-state index in [2.05, 4.69) is 5.32 Å². The molecule has 1 saturated carbocycles. The molecule has 2 atom stereocenters.